The Labute approximate surface area is 140 Å². The molecule has 0 atom stereocenters. The van der Waals surface area contributed by atoms with Gasteiger partial charge in [0, 0.05) is 41.8 Å². The number of halogens is 4. The number of aryl methyl sites for hydroxylation is 1. The third-order valence-corrected chi connectivity index (χ3v) is 3.96. The number of aromatic nitrogens is 2. The average molecular weight is 350 g/mol. The van der Waals surface area contributed by atoms with Gasteiger partial charge in [-0.2, -0.15) is 13.2 Å². The number of carbonyl (C=O) groups excluding carboxylic acids is 1. The second-order valence-corrected chi connectivity index (χ2v) is 5.64. The SMILES string of the molecule is CCn1cc(C(=O)Cc2ccc(C(F)(F)F)nc2)c2cc(F)ccc21. The van der Waals surface area contributed by atoms with E-state index in [4.69, 9.17) is 0 Å². The van der Waals surface area contributed by atoms with Gasteiger partial charge in [0.15, 0.2) is 5.78 Å². The van der Waals surface area contributed by atoms with Gasteiger partial charge in [0.05, 0.1) is 0 Å². The first-order chi connectivity index (χ1) is 11.8. The van der Waals surface area contributed by atoms with Crippen molar-refractivity contribution in [1.82, 2.24) is 9.55 Å². The summed E-state index contributed by atoms with van der Waals surface area (Å²) in [5, 5.41) is 0.492. The molecule has 0 saturated carbocycles. The summed E-state index contributed by atoms with van der Waals surface area (Å²) in [7, 11) is 0. The van der Waals surface area contributed by atoms with E-state index in [1.807, 2.05) is 11.5 Å². The van der Waals surface area contributed by atoms with E-state index in [1.54, 1.807) is 12.3 Å². The summed E-state index contributed by atoms with van der Waals surface area (Å²) in [5.41, 5.74) is 0.439. The number of Topliss-reactive ketones (excluding diaryl/α,β-unsaturated/α-hetero) is 1. The lowest BCUT2D eigenvalue weighted by atomic mass is 10.0. The molecule has 0 aliphatic carbocycles. The van der Waals surface area contributed by atoms with E-state index in [9.17, 15) is 22.4 Å². The zero-order valence-corrected chi connectivity index (χ0v) is 13.3. The van der Waals surface area contributed by atoms with Crippen LogP contribution in [0.4, 0.5) is 17.6 Å². The molecule has 25 heavy (non-hydrogen) atoms. The van der Waals surface area contributed by atoms with Crippen molar-refractivity contribution in [3.05, 3.63) is 65.4 Å². The summed E-state index contributed by atoms with van der Waals surface area (Å²) in [6, 6.07) is 6.29. The van der Waals surface area contributed by atoms with Crippen molar-refractivity contribution in [2.45, 2.75) is 26.1 Å². The maximum Gasteiger partial charge on any atom is 0.433 e. The summed E-state index contributed by atoms with van der Waals surface area (Å²) < 4.78 is 53.0. The summed E-state index contributed by atoms with van der Waals surface area (Å²) in [5.74, 6) is -0.754. The monoisotopic (exact) mass is 350 g/mol. The highest BCUT2D eigenvalue weighted by atomic mass is 19.4. The highest BCUT2D eigenvalue weighted by molar-refractivity contribution is 6.08. The van der Waals surface area contributed by atoms with Gasteiger partial charge in [-0.15, -0.1) is 0 Å². The average Bonchev–Trinajstić information content (AvgIpc) is 2.92. The minimum Gasteiger partial charge on any atom is -0.347 e. The molecule has 0 spiro atoms. The number of rotatable bonds is 4. The van der Waals surface area contributed by atoms with Gasteiger partial charge in [0.2, 0.25) is 0 Å². The van der Waals surface area contributed by atoms with Crippen molar-refractivity contribution in [2.24, 2.45) is 0 Å². The molecule has 3 aromatic rings. The second kappa shape index (κ2) is 6.31. The van der Waals surface area contributed by atoms with E-state index in [2.05, 4.69) is 4.98 Å². The fraction of sp³-hybridized carbons (Fsp3) is 0.222. The van der Waals surface area contributed by atoms with E-state index in [1.165, 1.54) is 18.2 Å². The van der Waals surface area contributed by atoms with Crippen LogP contribution in [0.25, 0.3) is 10.9 Å². The molecule has 7 heteroatoms. The van der Waals surface area contributed by atoms with Crippen LogP contribution in [-0.4, -0.2) is 15.3 Å². The van der Waals surface area contributed by atoms with Gasteiger partial charge in [-0.05, 0) is 36.8 Å². The molecule has 1 aromatic carbocycles. The molecule has 0 aliphatic heterocycles. The standard InChI is InChI=1S/C18H14F4N2O/c1-2-24-10-14(13-8-12(19)4-5-15(13)24)16(25)7-11-3-6-17(23-9-11)18(20,21)22/h3-6,8-10H,2,7H2,1H3. The zero-order chi connectivity index (χ0) is 18.2. The van der Waals surface area contributed by atoms with Crippen molar-refractivity contribution in [3.63, 3.8) is 0 Å². The van der Waals surface area contributed by atoms with Crippen molar-refractivity contribution >= 4 is 16.7 Å². The molecule has 0 fully saturated rings. The van der Waals surface area contributed by atoms with Crippen molar-refractivity contribution in [1.29, 1.82) is 0 Å². The number of hydrogen-bond acceptors (Lipinski definition) is 2. The lowest BCUT2D eigenvalue weighted by Gasteiger charge is -2.06. The number of alkyl halides is 3. The Kier molecular flexibility index (Phi) is 4.32. The molecule has 0 amide bonds. The molecular weight excluding hydrogens is 336 g/mol. The molecule has 0 saturated heterocycles. The number of nitrogens with zero attached hydrogens (tertiary/aromatic N) is 2. The Morgan fingerprint density at radius 3 is 2.56 bits per heavy atom. The van der Waals surface area contributed by atoms with Crippen LogP contribution in [0.15, 0.2) is 42.7 Å². The van der Waals surface area contributed by atoms with Crippen LogP contribution in [0.2, 0.25) is 0 Å². The fourth-order valence-corrected chi connectivity index (χ4v) is 2.73. The molecule has 3 rings (SSSR count). The predicted octanol–water partition coefficient (Wildman–Crippen LogP) is 4.64. The van der Waals surface area contributed by atoms with E-state index in [0.717, 1.165) is 17.8 Å². The fourth-order valence-electron chi connectivity index (χ4n) is 2.73. The van der Waals surface area contributed by atoms with Crippen molar-refractivity contribution in [2.75, 3.05) is 0 Å². The van der Waals surface area contributed by atoms with E-state index < -0.39 is 17.7 Å². The summed E-state index contributed by atoms with van der Waals surface area (Å²) in [4.78, 5) is 15.9. The van der Waals surface area contributed by atoms with Gasteiger partial charge in [-0.3, -0.25) is 9.78 Å². The van der Waals surface area contributed by atoms with Crippen LogP contribution in [0.1, 0.15) is 28.5 Å². The number of benzene rings is 1. The molecule has 2 heterocycles. The van der Waals surface area contributed by atoms with Crippen LogP contribution in [-0.2, 0) is 19.1 Å². The number of hydrogen-bond donors (Lipinski definition) is 0. The van der Waals surface area contributed by atoms with Gasteiger partial charge in [-0.1, -0.05) is 6.07 Å². The highest BCUT2D eigenvalue weighted by Gasteiger charge is 2.32. The predicted molar refractivity (Wildman–Crippen MR) is 84.8 cm³/mol. The maximum atomic E-state index is 13.5. The van der Waals surface area contributed by atoms with E-state index in [0.29, 0.717) is 23.1 Å². The molecule has 2 aromatic heterocycles. The molecule has 0 radical (unpaired) electrons. The van der Waals surface area contributed by atoms with Gasteiger partial charge >= 0.3 is 6.18 Å². The lowest BCUT2D eigenvalue weighted by molar-refractivity contribution is -0.141. The topological polar surface area (TPSA) is 34.9 Å². The molecular formula is C18H14F4N2O. The smallest absolute Gasteiger partial charge is 0.347 e. The third kappa shape index (κ3) is 3.40. The van der Waals surface area contributed by atoms with Crippen LogP contribution in [0.3, 0.4) is 0 Å². The molecule has 0 unspecified atom stereocenters. The van der Waals surface area contributed by atoms with Crippen LogP contribution in [0.5, 0.6) is 0 Å². The number of ketones is 1. The maximum absolute atomic E-state index is 13.5. The molecule has 0 N–H and O–H groups in total. The van der Waals surface area contributed by atoms with E-state index >= 15 is 0 Å². The van der Waals surface area contributed by atoms with Gasteiger partial charge in [-0.25, -0.2) is 4.39 Å². The van der Waals surface area contributed by atoms with Crippen LogP contribution in [0, 0.1) is 5.82 Å². The number of fused-ring (bicyclic) bond motifs is 1. The second-order valence-electron chi connectivity index (χ2n) is 5.64. The highest BCUT2D eigenvalue weighted by Crippen LogP contribution is 2.28. The zero-order valence-electron chi connectivity index (χ0n) is 13.3. The Bertz CT molecular complexity index is 927. The molecule has 0 bridgehead atoms. The Balaban J connectivity index is 1.91. The lowest BCUT2D eigenvalue weighted by Crippen LogP contribution is -2.09. The number of carbonyl (C=O) groups is 1. The first-order valence-electron chi connectivity index (χ1n) is 7.63. The van der Waals surface area contributed by atoms with Crippen LogP contribution < -0.4 is 0 Å². The minimum absolute atomic E-state index is 0.107. The van der Waals surface area contributed by atoms with Crippen LogP contribution >= 0.6 is 0 Å². The quantitative estimate of drug-likeness (QED) is 0.508. The first-order valence-corrected chi connectivity index (χ1v) is 7.63. The van der Waals surface area contributed by atoms with Crippen molar-refractivity contribution < 1.29 is 22.4 Å². The van der Waals surface area contributed by atoms with Gasteiger partial charge < -0.3 is 4.57 Å². The first kappa shape index (κ1) is 17.1. The Hall–Kier alpha value is -2.70. The summed E-state index contributed by atoms with van der Waals surface area (Å²) >= 11 is 0. The Morgan fingerprint density at radius 2 is 1.96 bits per heavy atom. The van der Waals surface area contributed by atoms with Gasteiger partial charge in [0.25, 0.3) is 0 Å². The normalized spacial score (nSPS) is 11.9. The van der Waals surface area contributed by atoms with Gasteiger partial charge in [0.1, 0.15) is 11.5 Å². The largest absolute Gasteiger partial charge is 0.433 e. The summed E-state index contributed by atoms with van der Waals surface area (Å²) in [6.45, 7) is 2.51. The summed E-state index contributed by atoms with van der Waals surface area (Å²) in [6.07, 6.45) is -1.94. The van der Waals surface area contributed by atoms with Crippen molar-refractivity contribution in [3.8, 4) is 0 Å². The third-order valence-electron chi connectivity index (χ3n) is 3.96. The van der Waals surface area contributed by atoms with E-state index in [-0.39, 0.29) is 12.2 Å². The molecule has 130 valence electrons. The molecule has 0 aliphatic rings. The Morgan fingerprint density at radius 1 is 1.20 bits per heavy atom. The number of pyridine rings is 1. The minimum atomic E-state index is -4.52. The molecule has 3 nitrogen and oxygen atoms in total.